The summed E-state index contributed by atoms with van der Waals surface area (Å²) >= 11 is 0. The van der Waals surface area contributed by atoms with E-state index in [1.165, 1.54) is 19.5 Å². The van der Waals surface area contributed by atoms with Gasteiger partial charge in [-0.2, -0.15) is 0 Å². The number of hydrogen-bond acceptors (Lipinski definition) is 2. The molecule has 1 aliphatic heterocycles. The summed E-state index contributed by atoms with van der Waals surface area (Å²) in [4.78, 5) is 2.64. The van der Waals surface area contributed by atoms with Crippen LogP contribution in [0.1, 0.15) is 41.0 Å². The van der Waals surface area contributed by atoms with Gasteiger partial charge in [-0.05, 0) is 26.7 Å². The van der Waals surface area contributed by atoms with Gasteiger partial charge >= 0.3 is 0 Å². The predicted octanol–water partition coefficient (Wildman–Crippen LogP) is 2.10. The van der Waals surface area contributed by atoms with E-state index in [1.54, 1.807) is 0 Å². The minimum Gasteiger partial charge on any atom is -0.309 e. The molecule has 1 heterocycles. The summed E-state index contributed by atoms with van der Waals surface area (Å²) in [6.07, 6.45) is 1.29. The van der Waals surface area contributed by atoms with E-state index in [0.29, 0.717) is 12.1 Å². The summed E-state index contributed by atoms with van der Waals surface area (Å²) in [5, 5.41) is 3.58. The molecule has 4 atom stereocenters. The minimum atomic E-state index is 0.644. The number of piperazine rings is 1. The molecule has 1 saturated heterocycles. The van der Waals surface area contributed by atoms with Crippen LogP contribution in [0.4, 0.5) is 0 Å². The fourth-order valence-electron chi connectivity index (χ4n) is 2.40. The smallest absolute Gasteiger partial charge is 0.0169 e. The topological polar surface area (TPSA) is 15.3 Å². The van der Waals surface area contributed by atoms with Crippen LogP contribution in [0.2, 0.25) is 0 Å². The van der Waals surface area contributed by atoms with E-state index in [0.717, 1.165) is 12.0 Å². The number of hydrogen-bond donors (Lipinski definition) is 1. The Morgan fingerprint density at radius 3 is 2.14 bits per heavy atom. The fourth-order valence-corrected chi connectivity index (χ4v) is 2.40. The maximum atomic E-state index is 3.58. The van der Waals surface area contributed by atoms with Crippen LogP contribution >= 0.6 is 0 Å². The summed E-state index contributed by atoms with van der Waals surface area (Å²) in [6, 6.07) is 2.02. The molecule has 0 spiro atoms. The largest absolute Gasteiger partial charge is 0.309 e. The van der Waals surface area contributed by atoms with Crippen LogP contribution < -0.4 is 5.32 Å². The zero-order valence-corrected chi connectivity index (χ0v) is 10.4. The maximum Gasteiger partial charge on any atom is 0.0169 e. The first-order valence-corrected chi connectivity index (χ1v) is 6.04. The molecule has 0 saturated carbocycles. The molecule has 1 N–H and O–H groups in total. The van der Waals surface area contributed by atoms with Crippen LogP contribution in [-0.2, 0) is 0 Å². The van der Waals surface area contributed by atoms with Gasteiger partial charge in [0.1, 0.15) is 0 Å². The summed E-state index contributed by atoms with van der Waals surface area (Å²) in [7, 11) is 0. The summed E-state index contributed by atoms with van der Waals surface area (Å²) in [6.45, 7) is 14.0. The quantitative estimate of drug-likeness (QED) is 0.747. The van der Waals surface area contributed by atoms with E-state index in [4.69, 9.17) is 0 Å². The molecule has 0 aromatic heterocycles. The first kappa shape index (κ1) is 12.0. The van der Waals surface area contributed by atoms with Gasteiger partial charge in [-0.25, -0.2) is 0 Å². The average molecular weight is 198 g/mol. The van der Waals surface area contributed by atoms with Crippen molar-refractivity contribution in [1.29, 1.82) is 0 Å². The maximum absolute atomic E-state index is 3.58. The molecular weight excluding hydrogens is 172 g/mol. The van der Waals surface area contributed by atoms with E-state index in [1.807, 2.05) is 0 Å². The van der Waals surface area contributed by atoms with E-state index in [-0.39, 0.29) is 0 Å². The third kappa shape index (κ3) is 2.96. The SMILES string of the molecule is CCC(C)C(C)N1CC(C)NC(C)C1. The van der Waals surface area contributed by atoms with Gasteiger partial charge in [-0.15, -0.1) is 0 Å². The lowest BCUT2D eigenvalue weighted by Gasteiger charge is -2.41. The first-order chi connectivity index (χ1) is 6.54. The van der Waals surface area contributed by atoms with Crippen LogP contribution in [-0.4, -0.2) is 36.1 Å². The van der Waals surface area contributed by atoms with Crippen LogP contribution in [0.25, 0.3) is 0 Å². The number of nitrogens with one attached hydrogen (secondary N) is 1. The molecule has 4 unspecified atom stereocenters. The van der Waals surface area contributed by atoms with E-state index in [2.05, 4.69) is 44.8 Å². The molecule has 0 aromatic rings. The highest BCUT2D eigenvalue weighted by Gasteiger charge is 2.26. The van der Waals surface area contributed by atoms with Crippen LogP contribution in [0.15, 0.2) is 0 Å². The lowest BCUT2D eigenvalue weighted by molar-refractivity contribution is 0.100. The highest BCUT2D eigenvalue weighted by molar-refractivity contribution is 4.85. The molecule has 1 fully saturated rings. The average Bonchev–Trinajstić information content (AvgIpc) is 2.14. The molecule has 0 bridgehead atoms. The van der Waals surface area contributed by atoms with Crippen LogP contribution in [0.5, 0.6) is 0 Å². The van der Waals surface area contributed by atoms with Gasteiger partial charge in [-0.1, -0.05) is 20.3 Å². The molecule has 1 aliphatic rings. The van der Waals surface area contributed by atoms with Crippen molar-refractivity contribution in [2.75, 3.05) is 13.1 Å². The molecule has 0 amide bonds. The summed E-state index contributed by atoms with van der Waals surface area (Å²) in [5.41, 5.74) is 0. The van der Waals surface area contributed by atoms with E-state index < -0.39 is 0 Å². The van der Waals surface area contributed by atoms with Gasteiger partial charge in [0.15, 0.2) is 0 Å². The standard InChI is InChI=1S/C12H26N2/c1-6-9(2)12(5)14-7-10(3)13-11(4)8-14/h9-13H,6-8H2,1-5H3. The molecular formula is C12H26N2. The van der Waals surface area contributed by atoms with E-state index >= 15 is 0 Å². The minimum absolute atomic E-state index is 0.644. The molecule has 0 radical (unpaired) electrons. The Morgan fingerprint density at radius 1 is 1.21 bits per heavy atom. The van der Waals surface area contributed by atoms with Gasteiger partial charge < -0.3 is 5.32 Å². The van der Waals surface area contributed by atoms with Crippen LogP contribution in [0, 0.1) is 5.92 Å². The number of rotatable bonds is 3. The first-order valence-electron chi connectivity index (χ1n) is 6.04. The molecule has 1 rings (SSSR count). The van der Waals surface area contributed by atoms with Gasteiger partial charge in [0.2, 0.25) is 0 Å². The van der Waals surface area contributed by atoms with Gasteiger partial charge in [-0.3, -0.25) is 4.90 Å². The van der Waals surface area contributed by atoms with Gasteiger partial charge in [0, 0.05) is 31.2 Å². The Balaban J connectivity index is 2.50. The predicted molar refractivity (Wildman–Crippen MR) is 62.5 cm³/mol. The molecule has 84 valence electrons. The van der Waals surface area contributed by atoms with Crippen molar-refractivity contribution in [1.82, 2.24) is 10.2 Å². The van der Waals surface area contributed by atoms with Crippen molar-refractivity contribution in [3.8, 4) is 0 Å². The van der Waals surface area contributed by atoms with Crippen molar-refractivity contribution in [3.63, 3.8) is 0 Å². The molecule has 14 heavy (non-hydrogen) atoms. The highest BCUT2D eigenvalue weighted by Crippen LogP contribution is 2.17. The fraction of sp³-hybridized carbons (Fsp3) is 1.00. The number of nitrogens with zero attached hydrogens (tertiary/aromatic N) is 1. The highest BCUT2D eigenvalue weighted by atomic mass is 15.2. The lowest BCUT2D eigenvalue weighted by Crippen LogP contribution is -2.57. The normalized spacial score (nSPS) is 34.1. The second kappa shape index (κ2) is 5.13. The van der Waals surface area contributed by atoms with Crippen molar-refractivity contribution in [3.05, 3.63) is 0 Å². The Bertz CT molecular complexity index is 160. The van der Waals surface area contributed by atoms with Gasteiger partial charge in [0.05, 0.1) is 0 Å². The zero-order chi connectivity index (χ0) is 10.7. The molecule has 0 aromatic carbocycles. The summed E-state index contributed by atoms with van der Waals surface area (Å²) < 4.78 is 0. The monoisotopic (exact) mass is 198 g/mol. The zero-order valence-electron chi connectivity index (χ0n) is 10.4. The third-order valence-corrected chi connectivity index (χ3v) is 3.63. The van der Waals surface area contributed by atoms with Crippen molar-refractivity contribution >= 4 is 0 Å². The van der Waals surface area contributed by atoms with Crippen LogP contribution in [0.3, 0.4) is 0 Å². The third-order valence-electron chi connectivity index (χ3n) is 3.63. The second-order valence-electron chi connectivity index (χ2n) is 5.05. The molecule has 2 nitrogen and oxygen atoms in total. The molecule has 2 heteroatoms. The Kier molecular flexibility index (Phi) is 4.39. The Hall–Kier alpha value is -0.0800. The van der Waals surface area contributed by atoms with Crippen molar-refractivity contribution in [2.24, 2.45) is 5.92 Å². The van der Waals surface area contributed by atoms with Crippen molar-refractivity contribution in [2.45, 2.75) is 59.2 Å². The molecule has 0 aliphatic carbocycles. The second-order valence-corrected chi connectivity index (χ2v) is 5.05. The van der Waals surface area contributed by atoms with Crippen molar-refractivity contribution < 1.29 is 0 Å². The van der Waals surface area contributed by atoms with Gasteiger partial charge in [0.25, 0.3) is 0 Å². The lowest BCUT2D eigenvalue weighted by atomic mass is 9.97. The Morgan fingerprint density at radius 2 is 1.71 bits per heavy atom. The van der Waals surface area contributed by atoms with E-state index in [9.17, 15) is 0 Å². The Labute approximate surface area is 89.1 Å². The summed E-state index contributed by atoms with van der Waals surface area (Å²) in [5.74, 6) is 0.812.